The van der Waals surface area contributed by atoms with Crippen molar-refractivity contribution in [3.63, 3.8) is 0 Å². The van der Waals surface area contributed by atoms with Gasteiger partial charge in [0.2, 0.25) is 5.91 Å². The van der Waals surface area contributed by atoms with Gasteiger partial charge in [0.1, 0.15) is 11.7 Å². The third-order valence-corrected chi connectivity index (χ3v) is 6.90. The van der Waals surface area contributed by atoms with E-state index < -0.39 is 18.1 Å². The number of anilines is 2. The van der Waals surface area contributed by atoms with Crippen molar-refractivity contribution in [2.24, 2.45) is 5.92 Å². The molecule has 2 fully saturated rings. The number of hydrogen-bond acceptors (Lipinski definition) is 7. The van der Waals surface area contributed by atoms with E-state index in [-0.39, 0.29) is 11.8 Å². The molecular weight excluding hydrogens is 496 g/mol. The highest BCUT2D eigenvalue weighted by atomic mass is 16.7. The first kappa shape index (κ1) is 26.6. The topological polar surface area (TPSA) is 77.5 Å². The van der Waals surface area contributed by atoms with E-state index >= 15 is 0 Å². The Morgan fingerprint density at radius 1 is 0.769 bits per heavy atom. The first-order valence-corrected chi connectivity index (χ1v) is 13.6. The lowest BCUT2D eigenvalue weighted by atomic mass is 9.90. The van der Waals surface area contributed by atoms with Crippen LogP contribution in [0.5, 0.6) is 17.2 Å². The molecule has 0 saturated carbocycles. The van der Waals surface area contributed by atoms with Crippen LogP contribution in [0.2, 0.25) is 0 Å². The Labute approximate surface area is 229 Å². The van der Waals surface area contributed by atoms with E-state index in [1.54, 1.807) is 29.3 Å². The lowest BCUT2D eigenvalue weighted by molar-refractivity contribution is -0.126. The Bertz CT molecular complexity index is 1300. The molecular formula is C31H34N2O6. The monoisotopic (exact) mass is 530 g/mol. The summed E-state index contributed by atoms with van der Waals surface area (Å²) in [6.45, 7) is 7.52. The Morgan fingerprint density at radius 2 is 1.51 bits per heavy atom. The highest BCUT2D eigenvalue weighted by molar-refractivity contribution is 6.23. The minimum atomic E-state index is -0.953. The van der Waals surface area contributed by atoms with Crippen molar-refractivity contribution < 1.29 is 28.6 Å². The number of imide groups is 1. The summed E-state index contributed by atoms with van der Waals surface area (Å²) in [6, 6.07) is 21.6. The molecule has 39 heavy (non-hydrogen) atoms. The van der Waals surface area contributed by atoms with Gasteiger partial charge >= 0.3 is 0 Å². The Morgan fingerprint density at radius 3 is 2.21 bits per heavy atom. The van der Waals surface area contributed by atoms with Crippen molar-refractivity contribution in [3.05, 3.63) is 78.4 Å². The molecule has 3 aromatic carbocycles. The molecule has 2 amide bonds. The highest BCUT2D eigenvalue weighted by Gasteiger charge is 2.60. The number of ether oxygens (including phenoxy) is 3. The number of hydroxylamine groups is 1. The summed E-state index contributed by atoms with van der Waals surface area (Å²) in [5.74, 6) is 0.490. The first-order valence-electron chi connectivity index (χ1n) is 13.6. The van der Waals surface area contributed by atoms with Crippen LogP contribution in [0.3, 0.4) is 0 Å². The van der Waals surface area contributed by atoms with Crippen molar-refractivity contribution >= 4 is 23.2 Å². The first-order chi connectivity index (χ1) is 19.1. The zero-order valence-corrected chi connectivity index (χ0v) is 22.5. The van der Waals surface area contributed by atoms with Crippen molar-refractivity contribution in [2.75, 3.05) is 29.8 Å². The van der Waals surface area contributed by atoms with Gasteiger partial charge in [-0.25, -0.2) is 9.96 Å². The lowest BCUT2D eigenvalue weighted by Gasteiger charge is -2.29. The third kappa shape index (κ3) is 5.16. The van der Waals surface area contributed by atoms with Gasteiger partial charge in [-0.3, -0.25) is 14.4 Å². The SMILES string of the molecule is CCCCOc1ccc([C@@H]2[C@H]3C(=O)N(c4ccc(OCC)cc4)C(=O)[C@H]3ON2c2ccccc2)cc1OCC. The summed E-state index contributed by atoms with van der Waals surface area (Å²) in [5.41, 5.74) is 2.05. The smallest absolute Gasteiger partial charge is 0.266 e. The number of carbonyl (C=O) groups is 2. The average molecular weight is 531 g/mol. The summed E-state index contributed by atoms with van der Waals surface area (Å²) in [6.07, 6.45) is 1.01. The number of fused-ring (bicyclic) bond motifs is 1. The predicted octanol–water partition coefficient (Wildman–Crippen LogP) is 5.71. The molecule has 0 N–H and O–H groups in total. The number of rotatable bonds is 11. The molecule has 0 bridgehead atoms. The van der Waals surface area contributed by atoms with E-state index in [9.17, 15) is 9.59 Å². The fraction of sp³-hybridized carbons (Fsp3) is 0.355. The Kier molecular flexibility index (Phi) is 8.02. The van der Waals surface area contributed by atoms with Crippen LogP contribution < -0.4 is 24.2 Å². The number of carbonyl (C=O) groups excluding carboxylic acids is 2. The highest BCUT2D eigenvalue weighted by Crippen LogP contribution is 2.48. The normalized spacial score (nSPS) is 20.3. The maximum absolute atomic E-state index is 13.9. The largest absolute Gasteiger partial charge is 0.494 e. The van der Waals surface area contributed by atoms with Gasteiger partial charge in [-0.05, 0) is 74.4 Å². The quantitative estimate of drug-likeness (QED) is 0.232. The molecule has 2 aliphatic heterocycles. The number of benzene rings is 3. The zero-order chi connectivity index (χ0) is 27.4. The average Bonchev–Trinajstić information content (AvgIpc) is 3.46. The third-order valence-electron chi connectivity index (χ3n) is 6.90. The number of amides is 2. The number of unbranched alkanes of at least 4 members (excludes halogenated alkanes) is 1. The molecule has 3 aromatic rings. The van der Waals surface area contributed by atoms with Gasteiger partial charge in [-0.15, -0.1) is 0 Å². The van der Waals surface area contributed by atoms with E-state index in [4.69, 9.17) is 19.0 Å². The molecule has 0 radical (unpaired) electrons. The van der Waals surface area contributed by atoms with Crippen molar-refractivity contribution in [1.82, 2.24) is 0 Å². The van der Waals surface area contributed by atoms with Crippen LogP contribution in [-0.2, 0) is 14.4 Å². The molecule has 8 nitrogen and oxygen atoms in total. The summed E-state index contributed by atoms with van der Waals surface area (Å²) in [7, 11) is 0. The molecule has 0 aromatic heterocycles. The standard InChI is InChI=1S/C31H34N2O6/c1-4-7-19-38-25-18-13-21(20-26(25)37-6-3)28-27-29(39-33(28)23-11-9-8-10-12-23)31(35)32(30(27)34)22-14-16-24(17-15-22)36-5-2/h8-18,20,27-29H,4-7,19H2,1-3H3/t27-,28-,29+/m1/s1. The molecule has 0 spiro atoms. The summed E-state index contributed by atoms with van der Waals surface area (Å²) >= 11 is 0. The number of hydrogen-bond donors (Lipinski definition) is 0. The predicted molar refractivity (Wildman–Crippen MR) is 148 cm³/mol. The van der Waals surface area contributed by atoms with Crippen LogP contribution in [0.4, 0.5) is 11.4 Å². The maximum atomic E-state index is 13.9. The Balaban J connectivity index is 1.52. The molecule has 3 atom stereocenters. The van der Waals surface area contributed by atoms with Crippen molar-refractivity contribution in [2.45, 2.75) is 45.8 Å². The van der Waals surface area contributed by atoms with Crippen LogP contribution >= 0.6 is 0 Å². The van der Waals surface area contributed by atoms with E-state index in [0.717, 1.165) is 24.1 Å². The van der Waals surface area contributed by atoms with E-state index in [2.05, 4.69) is 6.92 Å². The van der Waals surface area contributed by atoms with Gasteiger partial charge in [0.15, 0.2) is 17.6 Å². The van der Waals surface area contributed by atoms with Crippen LogP contribution in [-0.4, -0.2) is 37.7 Å². The summed E-state index contributed by atoms with van der Waals surface area (Å²) in [4.78, 5) is 35.0. The number of nitrogens with zero attached hydrogens (tertiary/aromatic N) is 2. The van der Waals surface area contributed by atoms with Crippen LogP contribution in [0.1, 0.15) is 45.2 Å². The zero-order valence-electron chi connectivity index (χ0n) is 22.5. The fourth-order valence-corrected chi connectivity index (χ4v) is 5.09. The van der Waals surface area contributed by atoms with Gasteiger partial charge in [0.25, 0.3) is 5.91 Å². The van der Waals surface area contributed by atoms with Gasteiger partial charge < -0.3 is 14.2 Å². The van der Waals surface area contributed by atoms with Gasteiger partial charge in [-0.2, -0.15) is 0 Å². The molecule has 0 unspecified atom stereocenters. The van der Waals surface area contributed by atoms with Crippen LogP contribution in [0.25, 0.3) is 0 Å². The van der Waals surface area contributed by atoms with Crippen molar-refractivity contribution in [1.29, 1.82) is 0 Å². The minimum absolute atomic E-state index is 0.307. The van der Waals surface area contributed by atoms with Gasteiger partial charge in [0, 0.05) is 0 Å². The van der Waals surface area contributed by atoms with Crippen LogP contribution in [0, 0.1) is 5.92 Å². The van der Waals surface area contributed by atoms with E-state index in [1.807, 2.05) is 62.4 Å². The van der Waals surface area contributed by atoms with Gasteiger partial charge in [-0.1, -0.05) is 37.6 Å². The summed E-state index contributed by atoms with van der Waals surface area (Å²) < 4.78 is 17.4. The Hall–Kier alpha value is -4.04. The molecule has 5 rings (SSSR count). The maximum Gasteiger partial charge on any atom is 0.266 e. The van der Waals surface area contributed by atoms with Crippen molar-refractivity contribution in [3.8, 4) is 17.2 Å². The molecule has 2 saturated heterocycles. The second kappa shape index (κ2) is 11.8. The van der Waals surface area contributed by atoms with E-state index in [0.29, 0.717) is 42.8 Å². The number of para-hydroxylation sites is 1. The molecule has 204 valence electrons. The lowest BCUT2D eigenvalue weighted by Crippen LogP contribution is -2.37. The molecule has 2 aliphatic rings. The summed E-state index contributed by atoms with van der Waals surface area (Å²) in [5, 5.41) is 1.68. The molecule has 2 heterocycles. The van der Waals surface area contributed by atoms with Gasteiger partial charge in [0.05, 0.1) is 37.2 Å². The van der Waals surface area contributed by atoms with E-state index in [1.165, 1.54) is 4.90 Å². The molecule has 0 aliphatic carbocycles. The van der Waals surface area contributed by atoms with Crippen LogP contribution in [0.15, 0.2) is 72.8 Å². The second-order valence-corrected chi connectivity index (χ2v) is 9.44. The molecule has 8 heteroatoms. The second-order valence-electron chi connectivity index (χ2n) is 9.44. The minimum Gasteiger partial charge on any atom is -0.494 e. The fourth-order valence-electron chi connectivity index (χ4n) is 5.09.